The van der Waals surface area contributed by atoms with Gasteiger partial charge in [-0.1, -0.05) is 19.1 Å². The van der Waals surface area contributed by atoms with Crippen LogP contribution in [0.3, 0.4) is 0 Å². The molecule has 21 heavy (non-hydrogen) atoms. The maximum Gasteiger partial charge on any atom is 0.328 e. The summed E-state index contributed by atoms with van der Waals surface area (Å²) < 4.78 is 25.1. The van der Waals surface area contributed by atoms with Gasteiger partial charge in [-0.3, -0.25) is 5.32 Å². The summed E-state index contributed by atoms with van der Waals surface area (Å²) in [5.74, 6) is -1.00. The number of carboxylic acid groups (broad SMARTS) is 1. The molecule has 0 aliphatic heterocycles. The molecule has 0 fully saturated rings. The van der Waals surface area contributed by atoms with E-state index in [1.165, 1.54) is 38.4 Å². The third-order valence-electron chi connectivity index (χ3n) is 3.37. The van der Waals surface area contributed by atoms with E-state index in [1.807, 2.05) is 6.92 Å². The molecule has 0 bridgehead atoms. The van der Waals surface area contributed by atoms with Crippen molar-refractivity contribution in [3.63, 3.8) is 0 Å². The van der Waals surface area contributed by atoms with E-state index in [0.717, 1.165) is 10.7 Å². The summed E-state index contributed by atoms with van der Waals surface area (Å²) in [6, 6.07) is 5.93. The second-order valence-electron chi connectivity index (χ2n) is 5.17. The number of nitrogens with zero attached hydrogens (tertiary/aromatic N) is 1. The van der Waals surface area contributed by atoms with Crippen molar-refractivity contribution in [3.8, 4) is 0 Å². The van der Waals surface area contributed by atoms with E-state index in [4.69, 9.17) is 0 Å². The molecule has 2 N–H and O–H groups in total. The molecule has 0 saturated carbocycles. The number of carboxylic acids is 1. The van der Waals surface area contributed by atoms with Gasteiger partial charge in [-0.25, -0.2) is 17.5 Å². The monoisotopic (exact) mass is 314 g/mol. The maximum atomic E-state index is 12.0. The van der Waals surface area contributed by atoms with Crippen LogP contribution in [0.15, 0.2) is 29.2 Å². The number of rotatable bonds is 7. The van der Waals surface area contributed by atoms with Gasteiger partial charge in [0.05, 0.1) is 4.90 Å². The van der Waals surface area contributed by atoms with Crippen LogP contribution in [-0.4, -0.2) is 44.4 Å². The molecule has 0 aliphatic rings. The Bertz CT molecular complexity index is 596. The zero-order valence-corrected chi connectivity index (χ0v) is 13.6. The highest BCUT2D eigenvalue weighted by Gasteiger charge is 2.34. The minimum Gasteiger partial charge on any atom is -0.480 e. The average Bonchev–Trinajstić information content (AvgIpc) is 2.44. The molecule has 0 aliphatic carbocycles. The van der Waals surface area contributed by atoms with Gasteiger partial charge in [-0.2, -0.15) is 0 Å². The molecule has 1 aromatic rings. The summed E-state index contributed by atoms with van der Waals surface area (Å²) in [4.78, 5) is 11.7. The molecule has 0 heterocycles. The Morgan fingerprint density at radius 1 is 1.29 bits per heavy atom. The van der Waals surface area contributed by atoms with E-state index < -0.39 is 21.5 Å². The lowest BCUT2D eigenvalue weighted by atomic mass is 9.92. The lowest BCUT2D eigenvalue weighted by Gasteiger charge is -2.27. The number of hydrogen-bond donors (Lipinski definition) is 2. The first kappa shape index (κ1) is 17.6. The molecular formula is C14H22N2O4S. The Hall–Kier alpha value is -1.44. The predicted molar refractivity (Wildman–Crippen MR) is 80.6 cm³/mol. The average molecular weight is 314 g/mol. The molecule has 0 aromatic heterocycles. The van der Waals surface area contributed by atoms with Gasteiger partial charge < -0.3 is 5.11 Å². The van der Waals surface area contributed by atoms with Gasteiger partial charge in [0.15, 0.2) is 0 Å². The molecule has 1 rings (SSSR count). The standard InChI is InChI=1S/C14H22N2O4S/c1-5-10-15-14(2,13(17)18)11-6-8-12(9-7-11)21(19,20)16(3)4/h6-9,15H,5,10H2,1-4H3,(H,17,18). The highest BCUT2D eigenvalue weighted by molar-refractivity contribution is 7.89. The molecular weight excluding hydrogens is 292 g/mol. The van der Waals surface area contributed by atoms with Gasteiger partial charge in [0, 0.05) is 14.1 Å². The van der Waals surface area contributed by atoms with Crippen LogP contribution in [-0.2, 0) is 20.4 Å². The van der Waals surface area contributed by atoms with Crippen molar-refractivity contribution in [1.29, 1.82) is 0 Å². The van der Waals surface area contributed by atoms with Crippen LogP contribution in [0, 0.1) is 0 Å². The third kappa shape index (κ3) is 3.61. The van der Waals surface area contributed by atoms with Crippen molar-refractivity contribution in [3.05, 3.63) is 29.8 Å². The summed E-state index contributed by atoms with van der Waals surface area (Å²) in [6.45, 7) is 4.07. The van der Waals surface area contributed by atoms with Crippen molar-refractivity contribution in [1.82, 2.24) is 9.62 Å². The van der Waals surface area contributed by atoms with E-state index in [0.29, 0.717) is 12.1 Å². The Morgan fingerprint density at radius 3 is 2.19 bits per heavy atom. The van der Waals surface area contributed by atoms with Gasteiger partial charge in [-0.05, 0) is 37.6 Å². The second kappa shape index (κ2) is 6.55. The van der Waals surface area contributed by atoms with Gasteiger partial charge in [0.2, 0.25) is 10.0 Å². The zero-order valence-electron chi connectivity index (χ0n) is 12.8. The molecule has 7 heteroatoms. The van der Waals surface area contributed by atoms with E-state index in [9.17, 15) is 18.3 Å². The Kier molecular flexibility index (Phi) is 5.49. The summed E-state index contributed by atoms with van der Waals surface area (Å²) in [6.07, 6.45) is 0.802. The van der Waals surface area contributed by atoms with Gasteiger partial charge in [0.25, 0.3) is 0 Å². The van der Waals surface area contributed by atoms with Crippen LogP contribution in [0.1, 0.15) is 25.8 Å². The quantitative estimate of drug-likeness (QED) is 0.790. The van der Waals surface area contributed by atoms with Gasteiger partial charge >= 0.3 is 5.97 Å². The molecule has 1 atom stereocenters. The van der Waals surface area contributed by atoms with E-state index in [-0.39, 0.29) is 4.90 Å². The first-order valence-corrected chi connectivity index (χ1v) is 8.11. The van der Waals surface area contributed by atoms with Crippen molar-refractivity contribution < 1.29 is 18.3 Å². The molecule has 0 spiro atoms. The molecule has 6 nitrogen and oxygen atoms in total. The van der Waals surface area contributed by atoms with Crippen LogP contribution in [0.25, 0.3) is 0 Å². The molecule has 0 saturated heterocycles. The highest BCUT2D eigenvalue weighted by atomic mass is 32.2. The summed E-state index contributed by atoms with van der Waals surface area (Å²) in [7, 11) is -0.607. The zero-order chi connectivity index (χ0) is 16.3. The summed E-state index contributed by atoms with van der Waals surface area (Å²) in [5, 5.41) is 12.4. The predicted octanol–water partition coefficient (Wildman–Crippen LogP) is 1.24. The fourth-order valence-corrected chi connectivity index (χ4v) is 2.75. The minimum absolute atomic E-state index is 0.138. The van der Waals surface area contributed by atoms with E-state index in [1.54, 1.807) is 6.92 Å². The Labute approximate surface area is 125 Å². The topological polar surface area (TPSA) is 86.7 Å². The number of sulfonamides is 1. The lowest BCUT2D eigenvalue weighted by Crippen LogP contribution is -2.47. The molecule has 0 amide bonds. The second-order valence-corrected chi connectivity index (χ2v) is 7.32. The fourth-order valence-electron chi connectivity index (χ4n) is 1.85. The van der Waals surface area contributed by atoms with Crippen LogP contribution in [0.5, 0.6) is 0 Å². The largest absolute Gasteiger partial charge is 0.480 e. The highest BCUT2D eigenvalue weighted by Crippen LogP contribution is 2.23. The molecule has 0 radical (unpaired) electrons. The third-order valence-corrected chi connectivity index (χ3v) is 5.20. The number of benzene rings is 1. The summed E-state index contributed by atoms with van der Waals surface area (Å²) in [5.41, 5.74) is -0.725. The van der Waals surface area contributed by atoms with Crippen LogP contribution >= 0.6 is 0 Å². The summed E-state index contributed by atoms with van der Waals surface area (Å²) >= 11 is 0. The van der Waals surface area contributed by atoms with Gasteiger partial charge in [-0.15, -0.1) is 0 Å². The molecule has 1 aromatic carbocycles. The SMILES string of the molecule is CCCNC(C)(C(=O)O)c1ccc(S(=O)(=O)N(C)C)cc1. The van der Waals surface area contributed by atoms with E-state index in [2.05, 4.69) is 5.32 Å². The first-order chi connectivity index (χ1) is 9.66. The molecule has 118 valence electrons. The minimum atomic E-state index is -3.51. The number of hydrogen-bond acceptors (Lipinski definition) is 4. The van der Waals surface area contributed by atoms with Crippen molar-refractivity contribution >= 4 is 16.0 Å². The van der Waals surface area contributed by atoms with Crippen LogP contribution in [0.2, 0.25) is 0 Å². The lowest BCUT2D eigenvalue weighted by molar-refractivity contribution is -0.144. The maximum absolute atomic E-state index is 12.0. The number of nitrogens with one attached hydrogen (secondary N) is 1. The fraction of sp³-hybridized carbons (Fsp3) is 0.500. The molecule has 1 unspecified atom stereocenters. The first-order valence-electron chi connectivity index (χ1n) is 6.67. The smallest absolute Gasteiger partial charge is 0.328 e. The van der Waals surface area contributed by atoms with Crippen LogP contribution < -0.4 is 5.32 Å². The van der Waals surface area contributed by atoms with Crippen molar-refractivity contribution in [2.24, 2.45) is 0 Å². The Balaban J connectivity index is 3.18. The number of aliphatic carboxylic acids is 1. The van der Waals surface area contributed by atoms with Crippen molar-refractivity contribution in [2.75, 3.05) is 20.6 Å². The van der Waals surface area contributed by atoms with Gasteiger partial charge in [0.1, 0.15) is 5.54 Å². The Morgan fingerprint density at radius 2 is 1.81 bits per heavy atom. The van der Waals surface area contributed by atoms with Crippen molar-refractivity contribution in [2.45, 2.75) is 30.7 Å². The van der Waals surface area contributed by atoms with E-state index >= 15 is 0 Å². The number of carbonyl (C=O) groups is 1. The normalized spacial score (nSPS) is 14.9. The van der Waals surface area contributed by atoms with Crippen LogP contribution in [0.4, 0.5) is 0 Å².